The first-order chi connectivity index (χ1) is 12.9. The van der Waals surface area contributed by atoms with E-state index in [1.165, 1.54) is 141 Å². The Morgan fingerprint density at radius 3 is 0.808 bits per heavy atom. The normalized spacial score (nSPS) is 11.6. The summed E-state index contributed by atoms with van der Waals surface area (Å²) in [5.74, 6) is 0. The van der Waals surface area contributed by atoms with Gasteiger partial charge >= 0.3 is 0 Å². The van der Waals surface area contributed by atoms with Crippen LogP contribution in [0.5, 0.6) is 0 Å². The molecule has 26 heavy (non-hydrogen) atoms. The van der Waals surface area contributed by atoms with E-state index in [9.17, 15) is 0 Å². The zero-order valence-electron chi connectivity index (χ0n) is 18.7. The van der Waals surface area contributed by atoms with Crippen LogP contribution in [0.4, 0.5) is 0 Å². The Morgan fingerprint density at radius 1 is 0.308 bits per heavy atom. The van der Waals surface area contributed by atoms with E-state index in [2.05, 4.69) is 26.0 Å². The van der Waals surface area contributed by atoms with Gasteiger partial charge in [-0.15, -0.1) is 0 Å². The van der Waals surface area contributed by atoms with Crippen molar-refractivity contribution < 1.29 is 0 Å². The molecule has 0 radical (unpaired) electrons. The predicted octanol–water partition coefficient (Wildman–Crippen LogP) is 10.2. The molecule has 0 atom stereocenters. The van der Waals surface area contributed by atoms with Crippen molar-refractivity contribution in [2.75, 3.05) is 0 Å². The highest BCUT2D eigenvalue weighted by atomic mass is 14.0. The molecule has 0 heterocycles. The molecule has 0 spiro atoms. The molecule has 156 valence electrons. The van der Waals surface area contributed by atoms with Crippen molar-refractivity contribution in [2.45, 2.75) is 155 Å². The average Bonchev–Trinajstić information content (AvgIpc) is 2.66. The Balaban J connectivity index is 3.04. The lowest BCUT2D eigenvalue weighted by molar-refractivity contribution is 0.545. The first-order valence-electron chi connectivity index (χ1n) is 12.6. The molecule has 0 aromatic rings. The standard InChI is InChI=1S/C26H52/c1-3-5-7-9-11-13-15-17-19-21-23-25-26-24-22-20-18-16-14-12-10-8-6-4-2/h21,23H,3-20,22,24-26H2,1-2H3/b23-21+. The van der Waals surface area contributed by atoms with E-state index < -0.39 is 0 Å². The lowest BCUT2D eigenvalue weighted by Gasteiger charge is -2.02. The van der Waals surface area contributed by atoms with Crippen molar-refractivity contribution in [3.8, 4) is 0 Å². The van der Waals surface area contributed by atoms with Gasteiger partial charge in [-0.2, -0.15) is 0 Å². The third-order valence-electron chi connectivity index (χ3n) is 5.62. The molecule has 0 N–H and O–H groups in total. The van der Waals surface area contributed by atoms with Gasteiger partial charge in [0, 0.05) is 0 Å². The molecule has 0 aliphatic heterocycles. The Bertz CT molecular complexity index is 253. The molecule has 0 unspecified atom stereocenters. The van der Waals surface area contributed by atoms with Gasteiger partial charge in [0.2, 0.25) is 0 Å². The van der Waals surface area contributed by atoms with Crippen molar-refractivity contribution in [2.24, 2.45) is 0 Å². The number of hydrogen-bond donors (Lipinski definition) is 0. The van der Waals surface area contributed by atoms with Gasteiger partial charge in [0.05, 0.1) is 0 Å². The van der Waals surface area contributed by atoms with Crippen LogP contribution in [-0.2, 0) is 0 Å². The van der Waals surface area contributed by atoms with E-state index >= 15 is 0 Å². The molecule has 0 aromatic carbocycles. The molecular weight excluding hydrogens is 312 g/mol. The lowest BCUT2D eigenvalue weighted by atomic mass is 10.0. The van der Waals surface area contributed by atoms with Crippen LogP contribution in [0.1, 0.15) is 155 Å². The topological polar surface area (TPSA) is 0 Å². The van der Waals surface area contributed by atoms with Crippen LogP contribution in [0.15, 0.2) is 12.2 Å². The zero-order valence-corrected chi connectivity index (χ0v) is 18.7. The maximum absolute atomic E-state index is 2.44. The van der Waals surface area contributed by atoms with E-state index in [1.54, 1.807) is 0 Å². The van der Waals surface area contributed by atoms with Crippen molar-refractivity contribution >= 4 is 0 Å². The van der Waals surface area contributed by atoms with Gasteiger partial charge in [-0.3, -0.25) is 0 Å². The molecule has 0 rings (SSSR count). The first-order valence-corrected chi connectivity index (χ1v) is 12.6. The third kappa shape index (κ3) is 23.7. The monoisotopic (exact) mass is 364 g/mol. The fraction of sp³-hybridized carbons (Fsp3) is 0.923. The van der Waals surface area contributed by atoms with Crippen LogP contribution in [0.25, 0.3) is 0 Å². The molecule has 0 saturated carbocycles. The third-order valence-corrected chi connectivity index (χ3v) is 5.62. The van der Waals surface area contributed by atoms with Gasteiger partial charge < -0.3 is 0 Å². The molecule has 0 amide bonds. The minimum Gasteiger partial charge on any atom is -0.0885 e. The van der Waals surface area contributed by atoms with Crippen molar-refractivity contribution in [1.82, 2.24) is 0 Å². The van der Waals surface area contributed by atoms with Gasteiger partial charge in [-0.25, -0.2) is 0 Å². The predicted molar refractivity (Wildman–Crippen MR) is 122 cm³/mol. The van der Waals surface area contributed by atoms with Crippen LogP contribution in [0.3, 0.4) is 0 Å². The van der Waals surface area contributed by atoms with E-state index in [-0.39, 0.29) is 0 Å². The van der Waals surface area contributed by atoms with Crippen LogP contribution in [0, 0.1) is 0 Å². The van der Waals surface area contributed by atoms with Crippen molar-refractivity contribution in [3.05, 3.63) is 12.2 Å². The van der Waals surface area contributed by atoms with E-state index in [1.807, 2.05) is 0 Å². The number of hydrogen-bond acceptors (Lipinski definition) is 0. The average molecular weight is 365 g/mol. The molecule has 0 heteroatoms. The maximum atomic E-state index is 2.44. The Hall–Kier alpha value is -0.260. The maximum Gasteiger partial charge on any atom is -0.0351 e. The summed E-state index contributed by atoms with van der Waals surface area (Å²) in [5, 5.41) is 0. The fourth-order valence-corrected chi connectivity index (χ4v) is 3.73. The van der Waals surface area contributed by atoms with Crippen LogP contribution in [0.2, 0.25) is 0 Å². The van der Waals surface area contributed by atoms with E-state index in [0.29, 0.717) is 0 Å². The van der Waals surface area contributed by atoms with Crippen molar-refractivity contribution in [1.29, 1.82) is 0 Å². The van der Waals surface area contributed by atoms with Gasteiger partial charge in [0.25, 0.3) is 0 Å². The van der Waals surface area contributed by atoms with Gasteiger partial charge in [0.15, 0.2) is 0 Å². The van der Waals surface area contributed by atoms with E-state index in [0.717, 1.165) is 0 Å². The minimum atomic E-state index is 1.31. The summed E-state index contributed by atoms with van der Waals surface area (Å²) < 4.78 is 0. The quantitative estimate of drug-likeness (QED) is 0.132. The summed E-state index contributed by atoms with van der Waals surface area (Å²) in [6.07, 6.45) is 36.4. The smallest absolute Gasteiger partial charge is 0.0351 e. The summed E-state index contributed by atoms with van der Waals surface area (Å²) >= 11 is 0. The Kier molecular flexibility index (Phi) is 24.5. The number of allylic oxidation sites excluding steroid dienone is 2. The number of rotatable bonds is 22. The Labute approximate surface area is 167 Å². The minimum absolute atomic E-state index is 1.31. The van der Waals surface area contributed by atoms with Crippen molar-refractivity contribution in [3.63, 3.8) is 0 Å². The lowest BCUT2D eigenvalue weighted by Crippen LogP contribution is -1.82. The summed E-state index contributed by atoms with van der Waals surface area (Å²) in [6.45, 7) is 4.59. The van der Waals surface area contributed by atoms with Gasteiger partial charge in [-0.05, 0) is 25.7 Å². The summed E-state index contributed by atoms with van der Waals surface area (Å²) in [4.78, 5) is 0. The van der Waals surface area contributed by atoms with Gasteiger partial charge in [-0.1, -0.05) is 142 Å². The summed E-state index contributed by atoms with van der Waals surface area (Å²) in [6, 6.07) is 0. The molecule has 0 saturated heterocycles. The van der Waals surface area contributed by atoms with Crippen LogP contribution in [-0.4, -0.2) is 0 Å². The molecular formula is C26H52. The highest BCUT2D eigenvalue weighted by Crippen LogP contribution is 2.13. The molecule has 0 nitrogen and oxygen atoms in total. The van der Waals surface area contributed by atoms with Crippen LogP contribution >= 0.6 is 0 Å². The zero-order chi connectivity index (χ0) is 19.0. The largest absolute Gasteiger partial charge is 0.0885 e. The molecule has 0 aromatic heterocycles. The second-order valence-corrected chi connectivity index (χ2v) is 8.41. The fourth-order valence-electron chi connectivity index (χ4n) is 3.73. The van der Waals surface area contributed by atoms with Crippen LogP contribution < -0.4 is 0 Å². The first kappa shape index (κ1) is 25.7. The second-order valence-electron chi connectivity index (χ2n) is 8.41. The molecule has 0 aliphatic carbocycles. The van der Waals surface area contributed by atoms with Gasteiger partial charge in [0.1, 0.15) is 0 Å². The highest BCUT2D eigenvalue weighted by molar-refractivity contribution is 4.81. The molecule has 0 aliphatic rings. The second kappa shape index (κ2) is 24.7. The Morgan fingerprint density at radius 2 is 0.538 bits per heavy atom. The molecule has 0 fully saturated rings. The SMILES string of the molecule is CCCCCCCCCC/C=C/CCCCCCCCCCCCCC. The highest BCUT2D eigenvalue weighted by Gasteiger charge is 1.93. The van der Waals surface area contributed by atoms with E-state index in [4.69, 9.17) is 0 Å². The molecule has 0 bridgehead atoms. The number of unbranched alkanes of at least 4 members (excludes halogenated alkanes) is 20. The summed E-state index contributed by atoms with van der Waals surface area (Å²) in [7, 11) is 0. The summed E-state index contributed by atoms with van der Waals surface area (Å²) in [5.41, 5.74) is 0.